The van der Waals surface area contributed by atoms with E-state index in [2.05, 4.69) is 10.3 Å². The van der Waals surface area contributed by atoms with Gasteiger partial charge in [-0.25, -0.2) is 4.98 Å². The lowest BCUT2D eigenvalue weighted by Crippen LogP contribution is -2.35. The largest absolute Gasteiger partial charge is 0.497 e. The zero-order valence-electron chi connectivity index (χ0n) is 13.9. The molecule has 25 heavy (non-hydrogen) atoms. The number of ether oxygens (including phenoxy) is 1. The number of thiazole rings is 1. The Hall–Kier alpha value is -2.41. The van der Waals surface area contributed by atoms with Crippen molar-refractivity contribution < 1.29 is 14.3 Å². The Morgan fingerprint density at radius 2 is 2.20 bits per heavy atom. The second kappa shape index (κ2) is 6.48. The molecule has 2 aromatic rings. The number of amides is 2. The number of fused-ring (bicyclic) bond motifs is 1. The van der Waals surface area contributed by atoms with Crippen LogP contribution in [0.4, 0.5) is 5.13 Å². The molecular weight excluding hydrogens is 338 g/mol. The molecule has 1 aromatic carbocycles. The predicted octanol–water partition coefficient (Wildman–Crippen LogP) is 2.70. The number of aromatic nitrogens is 1. The summed E-state index contributed by atoms with van der Waals surface area (Å²) in [6, 6.07) is 7.20. The second-order valence-electron chi connectivity index (χ2n) is 6.36. The summed E-state index contributed by atoms with van der Waals surface area (Å²) >= 11 is 1.47. The van der Waals surface area contributed by atoms with Gasteiger partial charge in [-0.15, -0.1) is 0 Å². The summed E-state index contributed by atoms with van der Waals surface area (Å²) in [5.41, 5.74) is 1.61. The van der Waals surface area contributed by atoms with E-state index in [-0.39, 0.29) is 17.7 Å². The molecule has 0 bridgehead atoms. The highest BCUT2D eigenvalue weighted by molar-refractivity contribution is 7.15. The molecular formula is C18H19N3O3S. The van der Waals surface area contributed by atoms with E-state index in [1.165, 1.54) is 11.3 Å². The highest BCUT2D eigenvalue weighted by Crippen LogP contribution is 2.33. The lowest BCUT2D eigenvalue weighted by atomic mass is 10.1. The minimum Gasteiger partial charge on any atom is -0.497 e. The van der Waals surface area contributed by atoms with Crippen LogP contribution in [0.1, 0.15) is 33.8 Å². The fourth-order valence-corrected chi connectivity index (χ4v) is 3.94. The maximum atomic E-state index is 12.7. The smallest absolute Gasteiger partial charge is 0.254 e. The third kappa shape index (κ3) is 3.37. The average Bonchev–Trinajstić information content (AvgIpc) is 3.41. The quantitative estimate of drug-likeness (QED) is 0.913. The molecule has 130 valence electrons. The van der Waals surface area contributed by atoms with E-state index in [1.807, 2.05) is 17.0 Å². The fourth-order valence-electron chi connectivity index (χ4n) is 2.91. The maximum absolute atomic E-state index is 12.7. The third-order valence-corrected chi connectivity index (χ3v) is 5.51. The van der Waals surface area contributed by atoms with Crippen molar-refractivity contribution in [2.45, 2.75) is 25.8 Å². The van der Waals surface area contributed by atoms with Gasteiger partial charge in [0.1, 0.15) is 5.75 Å². The maximum Gasteiger partial charge on any atom is 0.254 e. The Morgan fingerprint density at radius 3 is 2.96 bits per heavy atom. The first-order chi connectivity index (χ1) is 12.1. The number of nitrogens with zero attached hydrogens (tertiary/aromatic N) is 2. The van der Waals surface area contributed by atoms with Gasteiger partial charge < -0.3 is 15.0 Å². The Balaban J connectivity index is 1.47. The summed E-state index contributed by atoms with van der Waals surface area (Å²) in [6.45, 7) is 1.16. The zero-order valence-corrected chi connectivity index (χ0v) is 14.8. The van der Waals surface area contributed by atoms with Gasteiger partial charge in [0.2, 0.25) is 5.91 Å². The van der Waals surface area contributed by atoms with Crippen molar-refractivity contribution in [1.29, 1.82) is 0 Å². The highest BCUT2D eigenvalue weighted by Gasteiger charge is 2.31. The summed E-state index contributed by atoms with van der Waals surface area (Å²) in [5.74, 6) is 0.885. The summed E-state index contributed by atoms with van der Waals surface area (Å²) in [5, 5.41) is 3.55. The molecule has 1 fully saturated rings. The van der Waals surface area contributed by atoms with Crippen LogP contribution in [-0.2, 0) is 17.8 Å². The molecule has 1 aliphatic carbocycles. The molecule has 1 aliphatic heterocycles. The SMILES string of the molecule is COc1cccc(C(=O)N2CCc3nc(NC(=O)C4CC4)sc3C2)c1. The second-order valence-corrected chi connectivity index (χ2v) is 7.44. The van der Waals surface area contributed by atoms with E-state index < -0.39 is 0 Å². The molecule has 0 unspecified atom stereocenters. The van der Waals surface area contributed by atoms with E-state index in [9.17, 15) is 9.59 Å². The fraction of sp³-hybridized carbons (Fsp3) is 0.389. The van der Waals surface area contributed by atoms with Gasteiger partial charge in [0.15, 0.2) is 5.13 Å². The van der Waals surface area contributed by atoms with Crippen LogP contribution in [0.3, 0.4) is 0 Å². The third-order valence-electron chi connectivity index (χ3n) is 4.51. The van der Waals surface area contributed by atoms with E-state index in [1.54, 1.807) is 19.2 Å². The van der Waals surface area contributed by atoms with Crippen LogP contribution in [0.2, 0.25) is 0 Å². The van der Waals surface area contributed by atoms with Crippen LogP contribution in [-0.4, -0.2) is 35.4 Å². The van der Waals surface area contributed by atoms with Gasteiger partial charge in [-0.05, 0) is 31.0 Å². The average molecular weight is 357 g/mol. The summed E-state index contributed by atoms with van der Waals surface area (Å²) in [6.07, 6.45) is 2.65. The van der Waals surface area contributed by atoms with Gasteiger partial charge in [0, 0.05) is 29.3 Å². The van der Waals surface area contributed by atoms with Gasteiger partial charge in [-0.3, -0.25) is 9.59 Å². The Morgan fingerprint density at radius 1 is 1.36 bits per heavy atom. The van der Waals surface area contributed by atoms with Crippen LogP contribution < -0.4 is 10.1 Å². The number of benzene rings is 1. The number of hydrogen-bond donors (Lipinski definition) is 1. The van der Waals surface area contributed by atoms with Crippen LogP contribution in [0.5, 0.6) is 5.75 Å². The van der Waals surface area contributed by atoms with Crippen LogP contribution in [0.15, 0.2) is 24.3 Å². The first-order valence-electron chi connectivity index (χ1n) is 8.37. The summed E-state index contributed by atoms with van der Waals surface area (Å²) in [4.78, 5) is 32.0. The molecule has 0 atom stereocenters. The molecule has 1 saturated carbocycles. The van der Waals surface area contributed by atoms with Crippen molar-refractivity contribution in [2.24, 2.45) is 5.92 Å². The molecule has 4 rings (SSSR count). The topological polar surface area (TPSA) is 71.5 Å². The monoisotopic (exact) mass is 357 g/mol. The molecule has 2 aliphatic rings. The minimum absolute atomic E-state index is 0.0125. The number of carbonyl (C=O) groups is 2. The number of nitrogens with one attached hydrogen (secondary N) is 1. The number of anilines is 1. The molecule has 0 radical (unpaired) electrons. The Kier molecular flexibility index (Phi) is 4.17. The molecule has 0 saturated heterocycles. The lowest BCUT2D eigenvalue weighted by Gasteiger charge is -2.26. The van der Waals surface area contributed by atoms with Crippen molar-refractivity contribution >= 4 is 28.3 Å². The van der Waals surface area contributed by atoms with Gasteiger partial charge >= 0.3 is 0 Å². The molecule has 6 nitrogen and oxygen atoms in total. The summed E-state index contributed by atoms with van der Waals surface area (Å²) < 4.78 is 5.19. The number of rotatable bonds is 4. The number of carbonyl (C=O) groups excluding carboxylic acids is 2. The van der Waals surface area contributed by atoms with Crippen molar-refractivity contribution in [3.8, 4) is 5.75 Å². The van der Waals surface area contributed by atoms with E-state index in [0.717, 1.165) is 23.4 Å². The van der Waals surface area contributed by atoms with Gasteiger partial charge in [0.25, 0.3) is 5.91 Å². The lowest BCUT2D eigenvalue weighted by molar-refractivity contribution is -0.117. The van der Waals surface area contributed by atoms with Crippen molar-refractivity contribution in [1.82, 2.24) is 9.88 Å². The first kappa shape index (κ1) is 16.1. The van der Waals surface area contributed by atoms with E-state index in [4.69, 9.17) is 4.74 Å². The van der Waals surface area contributed by atoms with Crippen molar-refractivity contribution in [3.63, 3.8) is 0 Å². The molecule has 1 aromatic heterocycles. The molecule has 2 amide bonds. The van der Waals surface area contributed by atoms with Gasteiger partial charge in [-0.2, -0.15) is 0 Å². The number of hydrogen-bond acceptors (Lipinski definition) is 5. The standard InChI is InChI=1S/C18H19N3O3S/c1-24-13-4-2-3-12(9-13)17(23)21-8-7-14-15(10-21)25-18(19-14)20-16(22)11-5-6-11/h2-4,9,11H,5-8,10H2,1H3,(H,19,20,22). The van der Waals surface area contributed by atoms with E-state index >= 15 is 0 Å². The highest BCUT2D eigenvalue weighted by atomic mass is 32.1. The predicted molar refractivity (Wildman–Crippen MR) is 94.9 cm³/mol. The Bertz CT molecular complexity index is 829. The van der Waals surface area contributed by atoms with Crippen LogP contribution in [0, 0.1) is 5.92 Å². The van der Waals surface area contributed by atoms with Crippen LogP contribution in [0.25, 0.3) is 0 Å². The zero-order chi connectivity index (χ0) is 17.4. The number of methoxy groups -OCH3 is 1. The van der Waals surface area contributed by atoms with Crippen LogP contribution >= 0.6 is 11.3 Å². The summed E-state index contributed by atoms with van der Waals surface area (Å²) in [7, 11) is 1.59. The molecule has 2 heterocycles. The molecule has 7 heteroatoms. The van der Waals surface area contributed by atoms with Crippen molar-refractivity contribution in [3.05, 3.63) is 40.4 Å². The first-order valence-corrected chi connectivity index (χ1v) is 9.18. The van der Waals surface area contributed by atoms with Gasteiger partial charge in [-0.1, -0.05) is 17.4 Å². The molecule has 0 spiro atoms. The Labute approximate surface area is 149 Å². The van der Waals surface area contributed by atoms with Gasteiger partial charge in [0.05, 0.1) is 19.3 Å². The normalized spacial score (nSPS) is 16.3. The molecule has 1 N–H and O–H groups in total. The minimum atomic E-state index is -0.0125. The van der Waals surface area contributed by atoms with E-state index in [0.29, 0.717) is 36.0 Å². The van der Waals surface area contributed by atoms with Crippen molar-refractivity contribution in [2.75, 3.05) is 19.0 Å².